The van der Waals surface area contributed by atoms with Gasteiger partial charge in [0.25, 0.3) is 8.53 Å². The van der Waals surface area contributed by atoms with E-state index in [2.05, 4.69) is 44.2 Å². The molecular formula is C14H24NO2P. The maximum absolute atomic E-state index is 5.77. The molecule has 0 aliphatic carbocycles. The van der Waals surface area contributed by atoms with Crippen molar-refractivity contribution >= 4 is 8.53 Å². The SMILES string of the molecule is C#CCCOP(OCCC#C)N(C(C)C)C(C)C. The third-order valence-electron chi connectivity index (χ3n) is 2.14. The fourth-order valence-electron chi connectivity index (χ4n) is 1.51. The summed E-state index contributed by atoms with van der Waals surface area (Å²) < 4.78 is 13.8. The second-order valence-corrected chi connectivity index (χ2v) is 5.83. The lowest BCUT2D eigenvalue weighted by Crippen LogP contribution is -2.33. The van der Waals surface area contributed by atoms with E-state index in [0.29, 0.717) is 38.1 Å². The third kappa shape index (κ3) is 7.00. The summed E-state index contributed by atoms with van der Waals surface area (Å²) in [6.07, 6.45) is 11.7. The molecule has 3 nitrogen and oxygen atoms in total. The molecule has 0 rings (SSSR count). The first kappa shape index (κ1) is 17.4. The zero-order chi connectivity index (χ0) is 14.0. The molecule has 0 N–H and O–H groups in total. The molecule has 0 fully saturated rings. The van der Waals surface area contributed by atoms with Crippen LogP contribution in [0.2, 0.25) is 0 Å². The van der Waals surface area contributed by atoms with E-state index in [0.717, 1.165) is 0 Å². The predicted molar refractivity (Wildman–Crippen MR) is 77.8 cm³/mol. The van der Waals surface area contributed by atoms with Gasteiger partial charge in [0.1, 0.15) is 0 Å². The van der Waals surface area contributed by atoms with Gasteiger partial charge in [-0.25, -0.2) is 4.67 Å². The molecule has 0 heterocycles. The van der Waals surface area contributed by atoms with Crippen molar-refractivity contribution in [3.8, 4) is 24.7 Å². The minimum absolute atomic E-state index is 0.354. The lowest BCUT2D eigenvalue weighted by Gasteiger charge is -2.35. The summed E-state index contributed by atoms with van der Waals surface area (Å²) in [5.41, 5.74) is 0. The van der Waals surface area contributed by atoms with Crippen LogP contribution in [0.15, 0.2) is 0 Å². The molecule has 0 spiro atoms. The Morgan fingerprint density at radius 2 is 1.33 bits per heavy atom. The summed E-state index contributed by atoms with van der Waals surface area (Å²) in [7, 11) is -1.08. The lowest BCUT2D eigenvalue weighted by molar-refractivity contribution is 0.179. The van der Waals surface area contributed by atoms with Gasteiger partial charge in [-0.15, -0.1) is 24.7 Å². The molecule has 102 valence electrons. The molecule has 0 bridgehead atoms. The van der Waals surface area contributed by atoms with Crippen molar-refractivity contribution in [1.29, 1.82) is 0 Å². The summed E-state index contributed by atoms with van der Waals surface area (Å²) in [6, 6.07) is 0.709. The third-order valence-corrected chi connectivity index (χ3v) is 4.25. The largest absolute Gasteiger partial charge is 0.321 e. The predicted octanol–water partition coefficient (Wildman–Crippen LogP) is 3.41. The van der Waals surface area contributed by atoms with Crippen molar-refractivity contribution in [1.82, 2.24) is 4.67 Å². The molecule has 18 heavy (non-hydrogen) atoms. The Balaban J connectivity index is 4.49. The first-order valence-corrected chi connectivity index (χ1v) is 7.38. The highest BCUT2D eigenvalue weighted by molar-refractivity contribution is 7.44. The van der Waals surface area contributed by atoms with Crippen LogP contribution in [0.3, 0.4) is 0 Å². The Labute approximate surface area is 113 Å². The summed E-state index contributed by atoms with van der Waals surface area (Å²) in [5, 5.41) is 0. The average Bonchev–Trinajstić information content (AvgIpc) is 2.28. The van der Waals surface area contributed by atoms with Crippen molar-refractivity contribution in [2.75, 3.05) is 13.2 Å². The first-order chi connectivity index (χ1) is 8.54. The van der Waals surface area contributed by atoms with Gasteiger partial charge in [0.2, 0.25) is 0 Å². The molecule has 4 heteroatoms. The van der Waals surface area contributed by atoms with Crippen molar-refractivity contribution in [2.45, 2.75) is 52.6 Å². The van der Waals surface area contributed by atoms with Crippen LogP contribution < -0.4 is 0 Å². The highest BCUT2D eigenvalue weighted by atomic mass is 31.2. The molecule has 0 aromatic rings. The fourth-order valence-corrected chi connectivity index (χ4v) is 3.10. The van der Waals surface area contributed by atoms with E-state index in [9.17, 15) is 0 Å². The fraction of sp³-hybridized carbons (Fsp3) is 0.714. The first-order valence-electron chi connectivity index (χ1n) is 6.25. The van der Waals surface area contributed by atoms with E-state index in [-0.39, 0.29) is 0 Å². The van der Waals surface area contributed by atoms with Crippen molar-refractivity contribution in [3.05, 3.63) is 0 Å². The Bertz CT molecular complexity index is 263. The topological polar surface area (TPSA) is 21.7 Å². The van der Waals surface area contributed by atoms with Gasteiger partial charge in [-0.2, -0.15) is 0 Å². The molecule has 0 atom stereocenters. The van der Waals surface area contributed by atoms with Gasteiger partial charge in [0.05, 0.1) is 13.2 Å². The van der Waals surface area contributed by atoms with Gasteiger partial charge in [-0.3, -0.25) is 0 Å². The number of nitrogens with zero attached hydrogens (tertiary/aromatic N) is 1. The molecule has 0 aliphatic rings. The lowest BCUT2D eigenvalue weighted by atomic mass is 10.3. The Morgan fingerprint density at radius 3 is 1.61 bits per heavy atom. The molecular weight excluding hydrogens is 245 g/mol. The summed E-state index contributed by atoms with van der Waals surface area (Å²) in [6.45, 7) is 9.56. The second-order valence-electron chi connectivity index (χ2n) is 4.38. The van der Waals surface area contributed by atoms with Crippen LogP contribution in [0.5, 0.6) is 0 Å². The molecule has 0 radical (unpaired) electrons. The zero-order valence-electron chi connectivity index (χ0n) is 11.8. The van der Waals surface area contributed by atoms with E-state index in [1.807, 2.05) is 0 Å². The normalized spacial score (nSPS) is 11.2. The van der Waals surface area contributed by atoms with Crippen LogP contribution in [0.4, 0.5) is 0 Å². The van der Waals surface area contributed by atoms with E-state index in [1.54, 1.807) is 0 Å². The highest BCUT2D eigenvalue weighted by Crippen LogP contribution is 2.45. The van der Waals surface area contributed by atoms with Crippen molar-refractivity contribution < 1.29 is 9.05 Å². The van der Waals surface area contributed by atoms with E-state index in [1.165, 1.54) is 0 Å². The van der Waals surface area contributed by atoms with Gasteiger partial charge in [-0.1, -0.05) is 0 Å². The molecule has 0 amide bonds. The molecule has 0 saturated carbocycles. The number of terminal acetylenes is 2. The van der Waals surface area contributed by atoms with Crippen LogP contribution in [0.25, 0.3) is 0 Å². The second kappa shape index (κ2) is 10.4. The summed E-state index contributed by atoms with van der Waals surface area (Å²) >= 11 is 0. The number of hydrogen-bond acceptors (Lipinski definition) is 3. The molecule has 0 aromatic carbocycles. The number of hydrogen-bond donors (Lipinski definition) is 0. The number of rotatable bonds is 9. The molecule has 0 aromatic heterocycles. The van der Waals surface area contributed by atoms with Crippen LogP contribution in [-0.4, -0.2) is 30.0 Å². The van der Waals surface area contributed by atoms with Gasteiger partial charge < -0.3 is 9.05 Å². The van der Waals surface area contributed by atoms with E-state index < -0.39 is 8.53 Å². The smallest absolute Gasteiger partial charge is 0.259 e. The molecule has 0 unspecified atom stereocenters. The minimum Gasteiger partial charge on any atom is -0.321 e. The zero-order valence-corrected chi connectivity index (χ0v) is 12.7. The van der Waals surface area contributed by atoms with Crippen molar-refractivity contribution in [3.63, 3.8) is 0 Å². The minimum atomic E-state index is -1.08. The molecule has 0 aliphatic heterocycles. The Morgan fingerprint density at radius 1 is 0.944 bits per heavy atom. The summed E-state index contributed by atoms with van der Waals surface area (Å²) in [4.78, 5) is 0. The van der Waals surface area contributed by atoms with Gasteiger partial charge in [-0.05, 0) is 27.7 Å². The summed E-state index contributed by atoms with van der Waals surface area (Å²) in [5.74, 6) is 5.13. The van der Waals surface area contributed by atoms with Gasteiger partial charge in [0, 0.05) is 24.9 Å². The van der Waals surface area contributed by atoms with Gasteiger partial charge >= 0.3 is 0 Å². The van der Waals surface area contributed by atoms with E-state index in [4.69, 9.17) is 21.9 Å². The maximum Gasteiger partial charge on any atom is 0.259 e. The average molecular weight is 269 g/mol. The quantitative estimate of drug-likeness (QED) is 0.364. The standard InChI is InChI=1S/C14H24NO2P/c1-7-9-11-16-18(17-12-10-8-2)15(13(3)4)14(5)6/h1-2,13-14H,9-12H2,3-6H3. The van der Waals surface area contributed by atoms with Crippen LogP contribution in [-0.2, 0) is 9.05 Å². The maximum atomic E-state index is 5.77. The molecule has 0 saturated heterocycles. The van der Waals surface area contributed by atoms with E-state index >= 15 is 0 Å². The highest BCUT2D eigenvalue weighted by Gasteiger charge is 2.26. The van der Waals surface area contributed by atoms with Crippen molar-refractivity contribution in [2.24, 2.45) is 0 Å². The monoisotopic (exact) mass is 269 g/mol. The van der Waals surface area contributed by atoms with Crippen LogP contribution in [0, 0.1) is 24.7 Å². The Hall–Kier alpha value is -0.570. The Kier molecular flexibility index (Phi) is 10.0. The van der Waals surface area contributed by atoms with Crippen LogP contribution >= 0.6 is 8.53 Å². The van der Waals surface area contributed by atoms with Gasteiger partial charge in [0.15, 0.2) is 0 Å². The van der Waals surface area contributed by atoms with Crippen LogP contribution in [0.1, 0.15) is 40.5 Å².